The van der Waals surface area contributed by atoms with Crippen LogP contribution in [0, 0.1) is 0 Å². The maximum atomic E-state index is 12.5. The van der Waals surface area contributed by atoms with E-state index >= 15 is 0 Å². The Morgan fingerprint density at radius 1 is 1.14 bits per heavy atom. The minimum absolute atomic E-state index is 0.398. The summed E-state index contributed by atoms with van der Waals surface area (Å²) in [4.78, 5) is 27.4. The van der Waals surface area contributed by atoms with Crippen molar-refractivity contribution in [3.05, 3.63) is 68.3 Å². The molecular formula is C15H11ClN2O3. The van der Waals surface area contributed by atoms with Crippen LogP contribution in [-0.2, 0) is 0 Å². The van der Waals surface area contributed by atoms with Crippen LogP contribution in [0.1, 0.15) is 0 Å². The van der Waals surface area contributed by atoms with Crippen molar-refractivity contribution >= 4 is 22.5 Å². The molecule has 0 aliphatic rings. The SMILES string of the molecule is COc1ccc2c(=O)n(-c3cccc(Cl)c3)c(=O)[nH]c2c1. The predicted octanol–water partition coefficient (Wildman–Crippen LogP) is 2.34. The molecule has 0 saturated carbocycles. The summed E-state index contributed by atoms with van der Waals surface area (Å²) in [6, 6.07) is 11.5. The van der Waals surface area contributed by atoms with Crippen LogP contribution >= 0.6 is 11.6 Å². The van der Waals surface area contributed by atoms with Crippen LogP contribution in [-0.4, -0.2) is 16.7 Å². The Kier molecular flexibility index (Phi) is 3.27. The molecule has 3 rings (SSSR count). The smallest absolute Gasteiger partial charge is 0.333 e. The molecule has 0 fully saturated rings. The highest BCUT2D eigenvalue weighted by Gasteiger charge is 2.10. The van der Waals surface area contributed by atoms with Gasteiger partial charge in [0.1, 0.15) is 5.75 Å². The monoisotopic (exact) mass is 302 g/mol. The number of fused-ring (bicyclic) bond motifs is 1. The lowest BCUT2D eigenvalue weighted by molar-refractivity contribution is 0.415. The fourth-order valence-electron chi connectivity index (χ4n) is 2.17. The molecule has 0 bridgehead atoms. The van der Waals surface area contributed by atoms with E-state index in [-0.39, 0.29) is 0 Å². The third-order valence-electron chi connectivity index (χ3n) is 3.17. The Bertz CT molecular complexity index is 944. The third-order valence-corrected chi connectivity index (χ3v) is 3.41. The maximum absolute atomic E-state index is 12.5. The summed E-state index contributed by atoms with van der Waals surface area (Å²) >= 11 is 5.91. The lowest BCUT2D eigenvalue weighted by Crippen LogP contribution is -2.33. The first kappa shape index (κ1) is 13.5. The summed E-state index contributed by atoms with van der Waals surface area (Å²) in [5.41, 5.74) is -0.0733. The number of rotatable bonds is 2. The molecule has 3 aromatic rings. The van der Waals surface area contributed by atoms with Crippen LogP contribution < -0.4 is 16.0 Å². The molecular weight excluding hydrogens is 292 g/mol. The molecule has 106 valence electrons. The number of nitrogens with one attached hydrogen (secondary N) is 1. The highest BCUT2D eigenvalue weighted by Crippen LogP contribution is 2.16. The van der Waals surface area contributed by atoms with Gasteiger partial charge < -0.3 is 9.72 Å². The van der Waals surface area contributed by atoms with Gasteiger partial charge in [-0.1, -0.05) is 17.7 Å². The summed E-state index contributed by atoms with van der Waals surface area (Å²) in [6.45, 7) is 0. The summed E-state index contributed by atoms with van der Waals surface area (Å²) in [5.74, 6) is 0.568. The Hall–Kier alpha value is -2.53. The first-order valence-corrected chi connectivity index (χ1v) is 6.57. The van der Waals surface area contributed by atoms with E-state index in [0.717, 1.165) is 4.57 Å². The zero-order valence-electron chi connectivity index (χ0n) is 11.1. The number of nitrogens with zero attached hydrogens (tertiary/aromatic N) is 1. The molecule has 21 heavy (non-hydrogen) atoms. The van der Waals surface area contributed by atoms with Gasteiger partial charge in [0.25, 0.3) is 5.56 Å². The van der Waals surface area contributed by atoms with E-state index in [4.69, 9.17) is 16.3 Å². The van der Waals surface area contributed by atoms with Gasteiger partial charge in [-0.05, 0) is 30.3 Å². The van der Waals surface area contributed by atoms with Gasteiger partial charge in [-0.3, -0.25) is 4.79 Å². The fourth-order valence-corrected chi connectivity index (χ4v) is 2.36. The lowest BCUT2D eigenvalue weighted by atomic mass is 10.2. The van der Waals surface area contributed by atoms with E-state index in [1.807, 2.05) is 0 Å². The fraction of sp³-hybridized carbons (Fsp3) is 0.0667. The molecule has 0 unspecified atom stereocenters. The molecule has 0 radical (unpaired) electrons. The second kappa shape index (κ2) is 5.10. The van der Waals surface area contributed by atoms with E-state index in [0.29, 0.717) is 27.4 Å². The van der Waals surface area contributed by atoms with Crippen LogP contribution in [0.4, 0.5) is 0 Å². The molecule has 1 N–H and O–H groups in total. The van der Waals surface area contributed by atoms with E-state index in [2.05, 4.69) is 4.98 Å². The van der Waals surface area contributed by atoms with Crippen molar-refractivity contribution < 1.29 is 4.74 Å². The third kappa shape index (κ3) is 2.32. The summed E-state index contributed by atoms with van der Waals surface area (Å²) in [5, 5.41) is 0.851. The molecule has 0 aliphatic heterocycles. The minimum atomic E-state index is -0.525. The zero-order chi connectivity index (χ0) is 15.0. The number of halogens is 1. The van der Waals surface area contributed by atoms with Gasteiger partial charge in [0, 0.05) is 11.1 Å². The van der Waals surface area contributed by atoms with E-state index < -0.39 is 11.2 Å². The van der Waals surface area contributed by atoms with Crippen molar-refractivity contribution in [2.24, 2.45) is 0 Å². The highest BCUT2D eigenvalue weighted by atomic mass is 35.5. The van der Waals surface area contributed by atoms with Crippen molar-refractivity contribution in [1.82, 2.24) is 9.55 Å². The number of H-pyrrole nitrogens is 1. The molecule has 0 spiro atoms. The van der Waals surface area contributed by atoms with Crippen LogP contribution in [0.2, 0.25) is 5.02 Å². The predicted molar refractivity (Wildman–Crippen MR) is 81.7 cm³/mol. The van der Waals surface area contributed by atoms with Crippen molar-refractivity contribution in [3.8, 4) is 11.4 Å². The molecule has 6 heteroatoms. The molecule has 0 saturated heterocycles. The van der Waals surface area contributed by atoms with Crippen molar-refractivity contribution in [3.63, 3.8) is 0 Å². The largest absolute Gasteiger partial charge is 0.497 e. The van der Waals surface area contributed by atoms with Gasteiger partial charge in [-0.15, -0.1) is 0 Å². The van der Waals surface area contributed by atoms with Crippen molar-refractivity contribution in [2.75, 3.05) is 7.11 Å². The normalized spacial score (nSPS) is 10.8. The zero-order valence-corrected chi connectivity index (χ0v) is 11.8. The van der Waals surface area contributed by atoms with Gasteiger partial charge >= 0.3 is 5.69 Å². The van der Waals surface area contributed by atoms with Crippen LogP contribution in [0.25, 0.3) is 16.6 Å². The van der Waals surface area contributed by atoms with Crippen LogP contribution in [0.3, 0.4) is 0 Å². The van der Waals surface area contributed by atoms with E-state index in [1.165, 1.54) is 7.11 Å². The lowest BCUT2D eigenvalue weighted by Gasteiger charge is -2.07. The number of aromatic amines is 1. The maximum Gasteiger partial charge on any atom is 0.333 e. The number of benzene rings is 2. The molecule has 2 aromatic carbocycles. The average molecular weight is 303 g/mol. The summed E-state index contributed by atoms with van der Waals surface area (Å²) < 4.78 is 6.14. The molecule has 0 amide bonds. The quantitative estimate of drug-likeness (QED) is 0.790. The highest BCUT2D eigenvalue weighted by molar-refractivity contribution is 6.30. The molecule has 5 nitrogen and oxygen atoms in total. The van der Waals surface area contributed by atoms with Crippen molar-refractivity contribution in [1.29, 1.82) is 0 Å². The second-order valence-electron chi connectivity index (χ2n) is 4.46. The summed E-state index contributed by atoms with van der Waals surface area (Å²) in [6.07, 6.45) is 0. The Morgan fingerprint density at radius 2 is 1.95 bits per heavy atom. The number of ether oxygens (including phenoxy) is 1. The van der Waals surface area contributed by atoms with Gasteiger partial charge in [-0.2, -0.15) is 0 Å². The van der Waals surface area contributed by atoms with Gasteiger partial charge in [-0.25, -0.2) is 9.36 Å². The number of hydrogen-bond acceptors (Lipinski definition) is 3. The first-order valence-electron chi connectivity index (χ1n) is 6.19. The topological polar surface area (TPSA) is 64.1 Å². The number of methoxy groups -OCH3 is 1. The summed E-state index contributed by atoms with van der Waals surface area (Å²) in [7, 11) is 1.52. The van der Waals surface area contributed by atoms with Crippen LogP contribution in [0.5, 0.6) is 5.75 Å². The molecule has 0 aliphatic carbocycles. The van der Waals surface area contributed by atoms with Gasteiger partial charge in [0.2, 0.25) is 0 Å². The second-order valence-corrected chi connectivity index (χ2v) is 4.90. The van der Waals surface area contributed by atoms with E-state index in [9.17, 15) is 9.59 Å². The van der Waals surface area contributed by atoms with Gasteiger partial charge in [0.05, 0.1) is 23.7 Å². The number of aromatic nitrogens is 2. The minimum Gasteiger partial charge on any atom is -0.497 e. The Balaban J connectivity index is 2.35. The average Bonchev–Trinajstić information content (AvgIpc) is 2.46. The van der Waals surface area contributed by atoms with Crippen molar-refractivity contribution in [2.45, 2.75) is 0 Å². The molecule has 1 aromatic heterocycles. The Morgan fingerprint density at radius 3 is 2.67 bits per heavy atom. The molecule has 1 heterocycles. The number of hydrogen-bond donors (Lipinski definition) is 1. The standard InChI is InChI=1S/C15H11ClN2O3/c1-21-11-5-6-12-13(8-11)17-15(20)18(14(12)19)10-4-2-3-9(16)7-10/h2-8H,1H3,(H,17,20). The van der Waals surface area contributed by atoms with Gasteiger partial charge in [0.15, 0.2) is 0 Å². The Labute approximate surface area is 124 Å². The van der Waals surface area contributed by atoms with E-state index in [1.54, 1.807) is 42.5 Å². The first-order chi connectivity index (χ1) is 10.1. The van der Waals surface area contributed by atoms with Crippen LogP contribution in [0.15, 0.2) is 52.1 Å². The molecule has 0 atom stereocenters.